The summed E-state index contributed by atoms with van der Waals surface area (Å²) < 4.78 is 49.4. The van der Waals surface area contributed by atoms with Gasteiger partial charge in [-0.05, 0) is 63.2 Å². The fourth-order valence-corrected chi connectivity index (χ4v) is 5.56. The van der Waals surface area contributed by atoms with Gasteiger partial charge in [-0.1, -0.05) is 11.6 Å². The fraction of sp³-hybridized carbons (Fsp3) is 0.435. The van der Waals surface area contributed by atoms with Gasteiger partial charge in [0.05, 0.1) is 29.4 Å². The summed E-state index contributed by atoms with van der Waals surface area (Å²) >= 11 is 6.18. The Hall–Kier alpha value is -2.33. The first-order chi connectivity index (χ1) is 15.7. The second-order valence-electron chi connectivity index (χ2n) is 7.61. The van der Waals surface area contributed by atoms with Crippen LogP contribution in [0.1, 0.15) is 31.1 Å². The van der Waals surface area contributed by atoms with Crippen molar-refractivity contribution in [3.8, 4) is 11.5 Å². The minimum atomic E-state index is -3.90. The second-order valence-corrected chi connectivity index (χ2v) is 9.93. The molecule has 1 aliphatic heterocycles. The van der Waals surface area contributed by atoms with Crippen molar-refractivity contribution in [1.29, 1.82) is 0 Å². The Kier molecular flexibility index (Phi) is 8.58. The van der Waals surface area contributed by atoms with Gasteiger partial charge in [-0.25, -0.2) is 13.2 Å². The summed E-state index contributed by atoms with van der Waals surface area (Å²) in [5.74, 6) is 0.691. The topological polar surface area (TPSA) is 91.4 Å². The Morgan fingerprint density at radius 2 is 1.64 bits per heavy atom. The van der Waals surface area contributed by atoms with Gasteiger partial charge >= 0.3 is 5.97 Å². The van der Waals surface area contributed by atoms with Gasteiger partial charge in [0.2, 0.25) is 10.0 Å². The SMILES string of the molecule is CCOc1ccc(OCCOC(=O)c2ccc(Cl)c(S(=O)(=O)N3C[C@@H](C)O[C@@H](C)C3)c2)cc1. The highest BCUT2D eigenvalue weighted by atomic mass is 35.5. The van der Waals surface area contributed by atoms with Crippen LogP contribution in [0.15, 0.2) is 47.4 Å². The van der Waals surface area contributed by atoms with Crippen LogP contribution in [-0.4, -0.2) is 63.8 Å². The zero-order valence-electron chi connectivity index (χ0n) is 18.8. The van der Waals surface area contributed by atoms with Gasteiger partial charge in [0, 0.05) is 13.1 Å². The highest BCUT2D eigenvalue weighted by Gasteiger charge is 2.34. The number of ether oxygens (including phenoxy) is 4. The van der Waals surface area contributed by atoms with Crippen molar-refractivity contribution >= 4 is 27.6 Å². The molecule has 0 spiro atoms. The third kappa shape index (κ3) is 6.60. The molecular weight excluding hydrogens is 470 g/mol. The summed E-state index contributed by atoms with van der Waals surface area (Å²) in [7, 11) is -3.90. The van der Waals surface area contributed by atoms with Crippen LogP contribution < -0.4 is 9.47 Å². The van der Waals surface area contributed by atoms with Crippen LogP contribution in [0.2, 0.25) is 5.02 Å². The number of sulfonamides is 1. The van der Waals surface area contributed by atoms with E-state index in [1.807, 2.05) is 20.8 Å². The minimum Gasteiger partial charge on any atom is -0.494 e. The van der Waals surface area contributed by atoms with E-state index in [2.05, 4.69) is 0 Å². The van der Waals surface area contributed by atoms with Crippen molar-refractivity contribution in [1.82, 2.24) is 4.31 Å². The second kappa shape index (κ2) is 11.2. The Labute approximate surface area is 199 Å². The average Bonchev–Trinajstić information content (AvgIpc) is 2.77. The van der Waals surface area contributed by atoms with Crippen molar-refractivity contribution in [2.75, 3.05) is 32.9 Å². The maximum Gasteiger partial charge on any atom is 0.338 e. The molecule has 2 atom stereocenters. The molecule has 0 aliphatic carbocycles. The van der Waals surface area contributed by atoms with Crippen LogP contribution in [0.3, 0.4) is 0 Å². The number of benzene rings is 2. The Morgan fingerprint density at radius 3 is 2.24 bits per heavy atom. The lowest BCUT2D eigenvalue weighted by molar-refractivity contribution is -0.0440. The zero-order valence-corrected chi connectivity index (χ0v) is 20.4. The molecule has 1 saturated heterocycles. The van der Waals surface area contributed by atoms with E-state index in [0.29, 0.717) is 12.4 Å². The molecule has 33 heavy (non-hydrogen) atoms. The highest BCUT2D eigenvalue weighted by Crippen LogP contribution is 2.28. The van der Waals surface area contributed by atoms with E-state index in [-0.39, 0.29) is 54.0 Å². The van der Waals surface area contributed by atoms with Gasteiger partial charge in [-0.3, -0.25) is 0 Å². The normalized spacial score (nSPS) is 19.2. The molecule has 8 nitrogen and oxygen atoms in total. The molecule has 10 heteroatoms. The number of morpholine rings is 1. The van der Waals surface area contributed by atoms with Gasteiger partial charge in [0.25, 0.3) is 0 Å². The van der Waals surface area contributed by atoms with E-state index in [1.165, 1.54) is 22.5 Å². The van der Waals surface area contributed by atoms with E-state index in [9.17, 15) is 13.2 Å². The first-order valence-electron chi connectivity index (χ1n) is 10.7. The predicted octanol–water partition coefficient (Wildman–Crippen LogP) is 3.77. The third-order valence-electron chi connectivity index (χ3n) is 4.89. The van der Waals surface area contributed by atoms with Crippen LogP contribution in [0.25, 0.3) is 0 Å². The van der Waals surface area contributed by atoms with Crippen LogP contribution in [0.5, 0.6) is 11.5 Å². The van der Waals surface area contributed by atoms with E-state index in [4.69, 9.17) is 30.5 Å². The van der Waals surface area contributed by atoms with Crippen LogP contribution >= 0.6 is 11.6 Å². The third-order valence-corrected chi connectivity index (χ3v) is 7.20. The largest absolute Gasteiger partial charge is 0.494 e. The molecule has 0 aromatic heterocycles. The van der Waals surface area contributed by atoms with Gasteiger partial charge in [-0.15, -0.1) is 0 Å². The lowest BCUT2D eigenvalue weighted by atomic mass is 10.2. The zero-order chi connectivity index (χ0) is 24.0. The number of carbonyl (C=O) groups is 1. The van der Waals surface area contributed by atoms with Gasteiger partial charge < -0.3 is 18.9 Å². The number of halogens is 1. The van der Waals surface area contributed by atoms with E-state index in [1.54, 1.807) is 24.3 Å². The Morgan fingerprint density at radius 1 is 1.03 bits per heavy atom. The molecule has 3 rings (SSSR count). The predicted molar refractivity (Wildman–Crippen MR) is 124 cm³/mol. The van der Waals surface area contributed by atoms with Crippen molar-refractivity contribution in [2.24, 2.45) is 0 Å². The summed E-state index contributed by atoms with van der Waals surface area (Å²) in [5, 5.41) is 0.0391. The molecule has 1 aliphatic rings. The Balaban J connectivity index is 1.60. The number of hydrogen-bond donors (Lipinski definition) is 0. The maximum atomic E-state index is 13.2. The summed E-state index contributed by atoms with van der Waals surface area (Å²) in [6.45, 7) is 6.65. The Bertz CT molecular complexity index is 1050. The van der Waals surface area contributed by atoms with Crippen molar-refractivity contribution in [2.45, 2.75) is 37.9 Å². The number of hydrogen-bond acceptors (Lipinski definition) is 7. The molecule has 0 unspecified atom stereocenters. The van der Waals surface area contributed by atoms with E-state index < -0.39 is 16.0 Å². The summed E-state index contributed by atoms with van der Waals surface area (Å²) in [4.78, 5) is 12.3. The number of nitrogens with zero attached hydrogens (tertiary/aromatic N) is 1. The molecule has 0 saturated carbocycles. The summed E-state index contributed by atoms with van der Waals surface area (Å²) in [5.41, 5.74) is 0.0911. The number of rotatable bonds is 9. The molecule has 180 valence electrons. The molecule has 0 bridgehead atoms. The lowest BCUT2D eigenvalue weighted by Crippen LogP contribution is -2.48. The minimum absolute atomic E-state index is 0.00471. The molecule has 0 N–H and O–H groups in total. The first-order valence-corrected chi connectivity index (χ1v) is 12.5. The van der Waals surface area contributed by atoms with Crippen molar-refractivity contribution in [3.63, 3.8) is 0 Å². The van der Waals surface area contributed by atoms with Gasteiger partial charge in [0.15, 0.2) is 0 Å². The van der Waals surface area contributed by atoms with Crippen LogP contribution in [0.4, 0.5) is 0 Å². The molecular formula is C23H28ClNO7S. The van der Waals surface area contributed by atoms with E-state index >= 15 is 0 Å². The van der Waals surface area contributed by atoms with Crippen LogP contribution in [0, 0.1) is 0 Å². The smallest absolute Gasteiger partial charge is 0.338 e. The van der Waals surface area contributed by atoms with Crippen molar-refractivity contribution in [3.05, 3.63) is 53.1 Å². The molecule has 2 aromatic carbocycles. The van der Waals surface area contributed by atoms with Crippen LogP contribution in [-0.2, 0) is 19.5 Å². The highest BCUT2D eigenvalue weighted by molar-refractivity contribution is 7.89. The average molecular weight is 498 g/mol. The maximum absolute atomic E-state index is 13.2. The molecule has 1 heterocycles. The molecule has 1 fully saturated rings. The number of esters is 1. The quantitative estimate of drug-likeness (QED) is 0.384. The monoisotopic (exact) mass is 497 g/mol. The standard InChI is InChI=1S/C23H28ClNO7S/c1-4-29-19-6-8-20(9-7-19)30-11-12-31-23(26)18-5-10-21(24)22(13-18)33(27,28)25-14-16(2)32-17(3)15-25/h5-10,13,16-17H,4,11-12,14-15H2,1-3H3/t16-,17+. The summed E-state index contributed by atoms with van der Waals surface area (Å²) in [6.07, 6.45) is -0.489. The fourth-order valence-electron chi connectivity index (χ4n) is 3.47. The first kappa shape index (κ1) is 25.3. The van der Waals surface area contributed by atoms with Gasteiger partial charge in [-0.2, -0.15) is 4.31 Å². The lowest BCUT2D eigenvalue weighted by Gasteiger charge is -2.34. The summed E-state index contributed by atoms with van der Waals surface area (Å²) in [6, 6.07) is 11.2. The van der Waals surface area contributed by atoms with E-state index in [0.717, 1.165) is 5.75 Å². The van der Waals surface area contributed by atoms with Crippen molar-refractivity contribution < 1.29 is 32.2 Å². The molecule has 0 radical (unpaired) electrons. The number of carbonyl (C=O) groups excluding carboxylic acids is 1. The van der Waals surface area contributed by atoms with Gasteiger partial charge in [0.1, 0.15) is 29.6 Å². The molecule has 2 aromatic rings. The molecule has 0 amide bonds.